The van der Waals surface area contributed by atoms with Crippen LogP contribution < -0.4 is 0 Å². The third-order valence-corrected chi connectivity index (χ3v) is 10.6. The van der Waals surface area contributed by atoms with E-state index in [-0.39, 0.29) is 59.1 Å². The molecule has 11 atom stereocenters. The van der Waals surface area contributed by atoms with Crippen molar-refractivity contribution in [3.8, 4) is 0 Å². The summed E-state index contributed by atoms with van der Waals surface area (Å²) in [6.45, 7) is 12.1. The zero-order valence-corrected chi connectivity index (χ0v) is 22.8. The molecular weight excluding hydrogens is 460 g/mol. The molecule has 3 aliphatic heterocycles. The highest BCUT2D eigenvalue weighted by molar-refractivity contribution is 5.78. The fourth-order valence-corrected chi connectivity index (χ4v) is 7.80. The first-order chi connectivity index (χ1) is 17.0. The highest BCUT2D eigenvalue weighted by Gasteiger charge is 2.65. The summed E-state index contributed by atoms with van der Waals surface area (Å²) in [5, 5.41) is 0. The Bertz CT molecular complexity index is 898. The van der Waals surface area contributed by atoms with Gasteiger partial charge in [0.25, 0.3) is 0 Å². The fourth-order valence-electron chi connectivity index (χ4n) is 7.80. The average molecular weight is 505 g/mol. The van der Waals surface area contributed by atoms with Crippen LogP contribution >= 0.6 is 0 Å². The number of hydrogen-bond acceptors (Lipinski definition) is 7. The van der Waals surface area contributed by atoms with E-state index in [2.05, 4.69) is 13.8 Å². The third-order valence-electron chi connectivity index (χ3n) is 10.6. The van der Waals surface area contributed by atoms with E-state index in [1.807, 2.05) is 27.7 Å². The van der Waals surface area contributed by atoms with E-state index in [0.29, 0.717) is 12.3 Å². The summed E-state index contributed by atoms with van der Waals surface area (Å²) in [6, 6.07) is 0. The average Bonchev–Trinajstić information content (AvgIpc) is 3.65. The molecular formula is C29H44O7. The van der Waals surface area contributed by atoms with E-state index in [0.717, 1.165) is 37.0 Å². The molecule has 36 heavy (non-hydrogen) atoms. The first-order valence-electron chi connectivity index (χ1n) is 14.3. The third kappa shape index (κ3) is 4.17. The minimum Gasteiger partial charge on any atom is -0.459 e. The van der Waals surface area contributed by atoms with Crippen molar-refractivity contribution in [2.75, 3.05) is 0 Å². The molecule has 0 radical (unpaired) electrons. The van der Waals surface area contributed by atoms with Crippen LogP contribution in [0.2, 0.25) is 0 Å². The van der Waals surface area contributed by atoms with Crippen molar-refractivity contribution in [3.63, 3.8) is 0 Å². The van der Waals surface area contributed by atoms with E-state index in [9.17, 15) is 14.4 Å². The summed E-state index contributed by atoms with van der Waals surface area (Å²) >= 11 is 0. The predicted molar refractivity (Wildman–Crippen MR) is 132 cm³/mol. The number of carbonyl (C=O) groups excluding carboxylic acids is 3. The molecule has 11 unspecified atom stereocenters. The molecule has 3 aliphatic carbocycles. The minimum atomic E-state index is -0.399. The van der Waals surface area contributed by atoms with Gasteiger partial charge in [-0.3, -0.25) is 14.4 Å². The Morgan fingerprint density at radius 3 is 2.56 bits per heavy atom. The quantitative estimate of drug-likeness (QED) is 0.378. The van der Waals surface area contributed by atoms with Gasteiger partial charge in [0.05, 0.1) is 23.4 Å². The second-order valence-electron chi connectivity index (χ2n) is 13.1. The second-order valence-corrected chi connectivity index (χ2v) is 13.1. The van der Waals surface area contributed by atoms with Crippen LogP contribution in [0.25, 0.3) is 0 Å². The Morgan fingerprint density at radius 2 is 1.86 bits per heavy atom. The molecule has 0 spiro atoms. The minimum absolute atomic E-state index is 0.0135. The highest BCUT2D eigenvalue weighted by Crippen LogP contribution is 2.63. The molecule has 7 nitrogen and oxygen atoms in total. The van der Waals surface area contributed by atoms with Crippen molar-refractivity contribution in [1.29, 1.82) is 0 Å². The van der Waals surface area contributed by atoms with E-state index in [1.165, 1.54) is 25.7 Å². The molecule has 202 valence electrons. The standard InChI is InChI=1S/C17H28O2.C12H16O5/c1-5-16(2,3)15(18)19-17(4)10-11-9-14(17)13-8-6-7-12(11)13;1-3-5(2)11(13)16-9-7-4-6-8(15-7)10(9)17-12(6)14/h11-14H,5-10H2,1-4H3;5-10H,3-4H2,1-2H3. The number of ether oxygens (including phenoxy) is 4. The molecule has 7 heteroatoms. The summed E-state index contributed by atoms with van der Waals surface area (Å²) in [6.07, 6.45) is 7.71. The maximum Gasteiger partial charge on any atom is 0.312 e. The monoisotopic (exact) mass is 504 g/mol. The summed E-state index contributed by atoms with van der Waals surface area (Å²) in [4.78, 5) is 35.6. The van der Waals surface area contributed by atoms with Crippen molar-refractivity contribution in [2.45, 2.75) is 123 Å². The lowest BCUT2D eigenvalue weighted by Crippen LogP contribution is -2.45. The first kappa shape index (κ1) is 26.0. The lowest BCUT2D eigenvalue weighted by Gasteiger charge is -2.41. The van der Waals surface area contributed by atoms with Gasteiger partial charge in [-0.1, -0.05) is 27.2 Å². The molecule has 0 amide bonds. The van der Waals surface area contributed by atoms with Gasteiger partial charge < -0.3 is 18.9 Å². The molecule has 3 heterocycles. The zero-order valence-electron chi connectivity index (χ0n) is 22.8. The fraction of sp³-hybridized carbons (Fsp3) is 0.897. The van der Waals surface area contributed by atoms with Gasteiger partial charge >= 0.3 is 17.9 Å². The second kappa shape index (κ2) is 9.28. The van der Waals surface area contributed by atoms with Crippen molar-refractivity contribution in [2.24, 2.45) is 40.9 Å². The number of rotatable bonds is 6. The maximum absolute atomic E-state index is 12.4. The van der Waals surface area contributed by atoms with Crippen LogP contribution in [0.3, 0.4) is 0 Å². The van der Waals surface area contributed by atoms with Crippen LogP contribution in [-0.2, 0) is 33.3 Å². The SMILES string of the molecule is CCC(C)(C)C(=O)OC1(C)CC2CC1C1CCCC21.CCC(C)C(=O)OC1C2CC3C(=O)OC1C3O2. The molecule has 6 fully saturated rings. The number of fused-ring (bicyclic) bond motifs is 6. The van der Waals surface area contributed by atoms with Crippen molar-refractivity contribution in [1.82, 2.24) is 0 Å². The van der Waals surface area contributed by atoms with Crippen molar-refractivity contribution in [3.05, 3.63) is 0 Å². The molecule has 0 aromatic heterocycles. The topological polar surface area (TPSA) is 88.1 Å². The van der Waals surface area contributed by atoms with Crippen molar-refractivity contribution >= 4 is 17.9 Å². The summed E-state index contributed by atoms with van der Waals surface area (Å²) in [5.74, 6) is 2.60. The van der Waals surface area contributed by atoms with Gasteiger partial charge in [0.15, 0.2) is 12.2 Å². The van der Waals surface area contributed by atoms with Gasteiger partial charge in [-0.05, 0) is 83.5 Å². The van der Waals surface area contributed by atoms with Crippen molar-refractivity contribution < 1.29 is 33.3 Å². The van der Waals surface area contributed by atoms with E-state index >= 15 is 0 Å². The Morgan fingerprint density at radius 1 is 1.14 bits per heavy atom. The van der Waals surface area contributed by atoms with Gasteiger partial charge in [0, 0.05) is 5.92 Å². The molecule has 0 aromatic carbocycles. The lowest BCUT2D eigenvalue weighted by molar-refractivity contribution is -0.177. The van der Waals surface area contributed by atoms with Crippen LogP contribution in [-0.4, -0.2) is 47.9 Å². The molecule has 4 bridgehead atoms. The summed E-state index contributed by atoms with van der Waals surface area (Å²) in [5.41, 5.74) is -0.500. The van der Waals surface area contributed by atoms with Gasteiger partial charge in [-0.25, -0.2) is 0 Å². The van der Waals surface area contributed by atoms with Gasteiger partial charge in [-0.2, -0.15) is 0 Å². The molecule has 3 saturated heterocycles. The molecule has 0 N–H and O–H groups in total. The number of esters is 3. The lowest BCUT2D eigenvalue weighted by atomic mass is 9.73. The van der Waals surface area contributed by atoms with Gasteiger partial charge in [-0.15, -0.1) is 0 Å². The number of carbonyl (C=O) groups is 3. The Labute approximate surface area is 215 Å². The van der Waals surface area contributed by atoms with E-state index < -0.39 is 6.10 Å². The van der Waals surface area contributed by atoms with Crippen LogP contribution in [0, 0.1) is 40.9 Å². The Kier molecular flexibility index (Phi) is 6.70. The van der Waals surface area contributed by atoms with Crippen LogP contribution in [0.15, 0.2) is 0 Å². The predicted octanol–water partition coefficient (Wildman–Crippen LogP) is 4.84. The molecule has 6 rings (SSSR count). The summed E-state index contributed by atoms with van der Waals surface area (Å²) in [7, 11) is 0. The summed E-state index contributed by atoms with van der Waals surface area (Å²) < 4.78 is 22.4. The first-order valence-corrected chi connectivity index (χ1v) is 14.3. The molecule has 3 saturated carbocycles. The molecule has 6 aliphatic rings. The normalized spacial score (nSPS) is 44.1. The Balaban J connectivity index is 0.000000149. The van der Waals surface area contributed by atoms with Gasteiger partial charge in [0.1, 0.15) is 11.7 Å². The Hall–Kier alpha value is -1.63. The molecule has 0 aromatic rings. The van der Waals surface area contributed by atoms with Crippen LogP contribution in [0.4, 0.5) is 0 Å². The van der Waals surface area contributed by atoms with Gasteiger partial charge in [0.2, 0.25) is 0 Å². The highest BCUT2D eigenvalue weighted by atomic mass is 16.7. The smallest absolute Gasteiger partial charge is 0.312 e. The van der Waals surface area contributed by atoms with E-state index in [4.69, 9.17) is 18.9 Å². The maximum atomic E-state index is 12.4. The number of hydrogen-bond donors (Lipinski definition) is 0. The van der Waals surface area contributed by atoms with E-state index in [1.54, 1.807) is 0 Å². The largest absolute Gasteiger partial charge is 0.459 e. The van der Waals surface area contributed by atoms with Crippen LogP contribution in [0.5, 0.6) is 0 Å². The van der Waals surface area contributed by atoms with Crippen LogP contribution in [0.1, 0.15) is 92.9 Å². The zero-order chi connectivity index (χ0) is 26.0.